The van der Waals surface area contributed by atoms with E-state index in [0.717, 1.165) is 11.4 Å². The first-order chi connectivity index (χ1) is 8.31. The number of methoxy groups -OCH3 is 1. The van der Waals surface area contributed by atoms with Crippen LogP contribution < -0.4 is 10.1 Å². The Balaban J connectivity index is 2.10. The third-order valence-corrected chi connectivity index (χ3v) is 2.22. The van der Waals surface area contributed by atoms with Gasteiger partial charge in [-0.25, -0.2) is 4.98 Å². The average molecular weight is 229 g/mol. The molecule has 86 valence electrons. The lowest BCUT2D eigenvalue weighted by molar-refractivity contribution is 0.415. The number of ether oxygens (including phenoxy) is 1. The van der Waals surface area contributed by atoms with Crippen molar-refractivity contribution in [2.45, 2.75) is 0 Å². The van der Waals surface area contributed by atoms with Gasteiger partial charge >= 0.3 is 0 Å². The van der Waals surface area contributed by atoms with Crippen molar-refractivity contribution in [2.75, 3.05) is 12.4 Å². The van der Waals surface area contributed by atoms with Gasteiger partial charge in [-0.3, -0.25) is 0 Å². The van der Waals surface area contributed by atoms with Crippen molar-refractivity contribution in [3.63, 3.8) is 0 Å². The van der Waals surface area contributed by atoms with E-state index in [2.05, 4.69) is 15.5 Å². The maximum atomic E-state index is 10.2. The van der Waals surface area contributed by atoms with Gasteiger partial charge in [0.05, 0.1) is 13.3 Å². The molecule has 5 heteroatoms. The number of aromatic nitrogens is 1. The van der Waals surface area contributed by atoms with Crippen LogP contribution in [0.2, 0.25) is 0 Å². The number of pyridine rings is 1. The highest BCUT2D eigenvalue weighted by atomic mass is 16.5. The predicted octanol–water partition coefficient (Wildman–Crippen LogP) is 3.23. The third-order valence-electron chi connectivity index (χ3n) is 2.22. The second-order valence-corrected chi connectivity index (χ2v) is 3.35. The lowest BCUT2D eigenvalue weighted by atomic mass is 10.3. The van der Waals surface area contributed by atoms with Crippen LogP contribution in [0.15, 0.2) is 47.8 Å². The average Bonchev–Trinajstić information content (AvgIpc) is 2.40. The van der Waals surface area contributed by atoms with Crippen LogP contribution >= 0.6 is 0 Å². The fourth-order valence-corrected chi connectivity index (χ4v) is 1.34. The van der Waals surface area contributed by atoms with E-state index in [1.807, 2.05) is 24.3 Å². The molecule has 0 unspecified atom stereocenters. The number of benzene rings is 1. The van der Waals surface area contributed by atoms with Crippen molar-refractivity contribution < 1.29 is 4.74 Å². The number of hydrogen-bond donors (Lipinski definition) is 1. The van der Waals surface area contributed by atoms with Crippen molar-refractivity contribution in [1.82, 2.24) is 4.98 Å². The molecule has 0 bridgehead atoms. The summed E-state index contributed by atoms with van der Waals surface area (Å²) in [7, 11) is 1.62. The Hall–Kier alpha value is -2.43. The molecular weight excluding hydrogens is 218 g/mol. The van der Waals surface area contributed by atoms with Crippen LogP contribution in [0.25, 0.3) is 0 Å². The highest BCUT2D eigenvalue weighted by molar-refractivity contribution is 5.58. The summed E-state index contributed by atoms with van der Waals surface area (Å²) in [6.07, 6.45) is 1.42. The van der Waals surface area contributed by atoms with Gasteiger partial charge in [-0.2, -0.15) is 0 Å². The molecule has 0 spiro atoms. The number of rotatable bonds is 4. The topological polar surface area (TPSA) is 63.6 Å². The molecule has 0 radical (unpaired) electrons. The van der Waals surface area contributed by atoms with Gasteiger partial charge in [0.25, 0.3) is 0 Å². The first kappa shape index (κ1) is 11.1. The number of nitroso groups, excluding NO2 is 1. The first-order valence-corrected chi connectivity index (χ1v) is 5.02. The SMILES string of the molecule is COc1ccc(Nc2ccc(N=O)cn2)cc1. The molecule has 0 amide bonds. The van der Waals surface area contributed by atoms with E-state index < -0.39 is 0 Å². The summed E-state index contributed by atoms with van der Waals surface area (Å²) in [5, 5.41) is 5.88. The van der Waals surface area contributed by atoms with E-state index in [0.29, 0.717) is 11.5 Å². The molecule has 1 heterocycles. The van der Waals surface area contributed by atoms with Gasteiger partial charge in [-0.05, 0) is 41.6 Å². The monoisotopic (exact) mass is 229 g/mol. The second-order valence-electron chi connectivity index (χ2n) is 3.35. The maximum absolute atomic E-state index is 10.2. The van der Waals surface area contributed by atoms with Crippen molar-refractivity contribution in [3.05, 3.63) is 47.5 Å². The normalized spacial score (nSPS) is 9.71. The van der Waals surface area contributed by atoms with Crippen molar-refractivity contribution in [1.29, 1.82) is 0 Å². The largest absolute Gasteiger partial charge is 0.497 e. The van der Waals surface area contributed by atoms with Gasteiger partial charge in [0.1, 0.15) is 17.3 Å². The third kappa shape index (κ3) is 2.78. The van der Waals surface area contributed by atoms with Crippen molar-refractivity contribution in [3.8, 4) is 5.75 Å². The Kier molecular flexibility index (Phi) is 3.30. The molecule has 0 aliphatic rings. The number of nitrogens with zero attached hydrogens (tertiary/aromatic N) is 2. The molecule has 1 aromatic heterocycles. The molecule has 2 rings (SSSR count). The van der Waals surface area contributed by atoms with Crippen LogP contribution in [0, 0.1) is 4.91 Å². The molecule has 1 aromatic carbocycles. The number of hydrogen-bond acceptors (Lipinski definition) is 5. The van der Waals surface area contributed by atoms with Crippen LogP contribution in [0.4, 0.5) is 17.2 Å². The van der Waals surface area contributed by atoms with Crippen molar-refractivity contribution in [2.24, 2.45) is 5.18 Å². The Morgan fingerprint density at radius 2 is 1.94 bits per heavy atom. The Bertz CT molecular complexity index is 494. The van der Waals surface area contributed by atoms with E-state index >= 15 is 0 Å². The molecule has 0 fully saturated rings. The number of anilines is 2. The van der Waals surface area contributed by atoms with E-state index in [-0.39, 0.29) is 0 Å². The van der Waals surface area contributed by atoms with Crippen LogP contribution in [-0.4, -0.2) is 12.1 Å². The second kappa shape index (κ2) is 5.07. The summed E-state index contributed by atoms with van der Waals surface area (Å²) >= 11 is 0. The summed E-state index contributed by atoms with van der Waals surface area (Å²) in [5.74, 6) is 1.45. The smallest absolute Gasteiger partial charge is 0.130 e. The summed E-state index contributed by atoms with van der Waals surface area (Å²) in [6.45, 7) is 0. The molecule has 0 aliphatic carbocycles. The Morgan fingerprint density at radius 3 is 2.47 bits per heavy atom. The summed E-state index contributed by atoms with van der Waals surface area (Å²) in [5.41, 5.74) is 1.20. The summed E-state index contributed by atoms with van der Waals surface area (Å²) < 4.78 is 5.06. The van der Waals surface area contributed by atoms with Gasteiger partial charge in [0, 0.05) is 5.69 Å². The molecule has 17 heavy (non-hydrogen) atoms. The zero-order valence-corrected chi connectivity index (χ0v) is 9.25. The Morgan fingerprint density at radius 1 is 1.18 bits per heavy atom. The molecule has 0 aliphatic heterocycles. The fraction of sp³-hybridized carbons (Fsp3) is 0.0833. The van der Waals surface area contributed by atoms with E-state index in [9.17, 15) is 4.91 Å². The van der Waals surface area contributed by atoms with Crippen molar-refractivity contribution >= 4 is 17.2 Å². The quantitative estimate of drug-likeness (QED) is 0.817. The lowest BCUT2D eigenvalue weighted by Crippen LogP contribution is -1.92. The molecule has 5 nitrogen and oxygen atoms in total. The highest BCUT2D eigenvalue weighted by Crippen LogP contribution is 2.19. The van der Waals surface area contributed by atoms with Gasteiger partial charge in [-0.15, -0.1) is 4.91 Å². The van der Waals surface area contributed by atoms with Gasteiger partial charge in [-0.1, -0.05) is 0 Å². The summed E-state index contributed by atoms with van der Waals surface area (Å²) in [6, 6.07) is 10.8. The van der Waals surface area contributed by atoms with Gasteiger partial charge in [0.15, 0.2) is 0 Å². The minimum Gasteiger partial charge on any atom is -0.497 e. The lowest BCUT2D eigenvalue weighted by Gasteiger charge is -2.06. The standard InChI is InChI=1S/C12H11N3O2/c1-17-11-5-2-9(3-6-11)14-12-7-4-10(15-16)8-13-12/h2-8H,1H3,(H,13,14). The zero-order chi connectivity index (χ0) is 12.1. The zero-order valence-electron chi connectivity index (χ0n) is 9.25. The maximum Gasteiger partial charge on any atom is 0.130 e. The number of nitrogens with one attached hydrogen (secondary N) is 1. The molecule has 1 N–H and O–H groups in total. The molecule has 0 saturated heterocycles. The minimum atomic E-state index is 0.310. The Labute approximate surface area is 98.4 Å². The van der Waals surface area contributed by atoms with Gasteiger partial charge in [0.2, 0.25) is 0 Å². The molecule has 0 saturated carbocycles. The predicted molar refractivity (Wildman–Crippen MR) is 66.0 cm³/mol. The first-order valence-electron chi connectivity index (χ1n) is 5.02. The molecule has 0 atom stereocenters. The fourth-order valence-electron chi connectivity index (χ4n) is 1.34. The van der Waals surface area contributed by atoms with E-state index in [1.54, 1.807) is 19.2 Å². The van der Waals surface area contributed by atoms with E-state index in [4.69, 9.17) is 4.74 Å². The minimum absolute atomic E-state index is 0.310. The highest BCUT2D eigenvalue weighted by Gasteiger charge is 1.97. The molecular formula is C12H11N3O2. The van der Waals surface area contributed by atoms with Crippen LogP contribution in [0.3, 0.4) is 0 Å². The summed E-state index contributed by atoms with van der Waals surface area (Å²) in [4.78, 5) is 14.3. The van der Waals surface area contributed by atoms with Crippen LogP contribution in [-0.2, 0) is 0 Å². The van der Waals surface area contributed by atoms with Gasteiger partial charge < -0.3 is 10.1 Å². The molecule has 2 aromatic rings. The van der Waals surface area contributed by atoms with Crippen LogP contribution in [0.1, 0.15) is 0 Å². The van der Waals surface area contributed by atoms with E-state index in [1.165, 1.54) is 6.20 Å². The van der Waals surface area contributed by atoms with Crippen LogP contribution in [0.5, 0.6) is 5.75 Å².